The minimum atomic E-state index is 1.27. The van der Waals surface area contributed by atoms with Crippen LogP contribution in [0.5, 0.6) is 0 Å². The third-order valence-electron chi connectivity index (χ3n) is 4.42. The summed E-state index contributed by atoms with van der Waals surface area (Å²) in [6.45, 7) is 2.18. The quantitative estimate of drug-likeness (QED) is 0.397. The molecule has 0 unspecified atom stereocenters. The van der Waals surface area contributed by atoms with Crippen LogP contribution in [0.1, 0.15) is 5.56 Å². The van der Waals surface area contributed by atoms with E-state index in [4.69, 9.17) is 0 Å². The largest absolute Gasteiger partial charge is 0.0622 e. The molecule has 0 aliphatic rings. The minimum absolute atomic E-state index is 1.27. The van der Waals surface area contributed by atoms with Gasteiger partial charge in [-0.1, -0.05) is 84.9 Å². The predicted octanol–water partition coefficient (Wildman–Crippen LogP) is 6.48. The molecule has 0 saturated heterocycles. The van der Waals surface area contributed by atoms with Crippen LogP contribution in [0.4, 0.5) is 0 Å². The zero-order chi connectivity index (χ0) is 15.6. The van der Waals surface area contributed by atoms with Crippen molar-refractivity contribution in [2.45, 2.75) is 6.92 Å². The fourth-order valence-corrected chi connectivity index (χ4v) is 3.20. The molecule has 4 rings (SSSR count). The lowest BCUT2D eigenvalue weighted by molar-refractivity contribution is 1.46. The molecular formula is C23H18. The van der Waals surface area contributed by atoms with Crippen molar-refractivity contribution in [2.24, 2.45) is 0 Å². The molecule has 4 aromatic carbocycles. The van der Waals surface area contributed by atoms with E-state index in [9.17, 15) is 0 Å². The first kappa shape index (κ1) is 13.8. The molecule has 0 N–H and O–H groups in total. The van der Waals surface area contributed by atoms with Gasteiger partial charge < -0.3 is 0 Å². The standard InChI is InChI=1S/C23H18/c1-17-14-15-20(16-23(17)19-8-3-2-4-9-19)22-13-7-11-18-10-5-6-12-21(18)22/h2-16H,1H3. The van der Waals surface area contributed by atoms with Crippen molar-refractivity contribution >= 4 is 10.8 Å². The Morgan fingerprint density at radius 1 is 0.522 bits per heavy atom. The lowest BCUT2D eigenvalue weighted by Gasteiger charge is -2.11. The van der Waals surface area contributed by atoms with Crippen LogP contribution in [0.25, 0.3) is 33.0 Å². The van der Waals surface area contributed by atoms with Crippen molar-refractivity contribution in [2.75, 3.05) is 0 Å². The number of fused-ring (bicyclic) bond motifs is 1. The Morgan fingerprint density at radius 3 is 2.13 bits per heavy atom. The highest BCUT2D eigenvalue weighted by Crippen LogP contribution is 2.33. The van der Waals surface area contributed by atoms with Crippen LogP contribution in [0.2, 0.25) is 0 Å². The summed E-state index contributed by atoms with van der Waals surface area (Å²) in [5.41, 5.74) is 6.44. The van der Waals surface area contributed by atoms with Gasteiger partial charge in [-0.15, -0.1) is 0 Å². The van der Waals surface area contributed by atoms with E-state index in [0.29, 0.717) is 0 Å². The van der Waals surface area contributed by atoms with Crippen molar-refractivity contribution in [1.82, 2.24) is 0 Å². The van der Waals surface area contributed by atoms with Crippen LogP contribution in [0.3, 0.4) is 0 Å². The Morgan fingerprint density at radius 2 is 1.26 bits per heavy atom. The lowest BCUT2D eigenvalue weighted by atomic mass is 9.93. The molecule has 0 radical (unpaired) electrons. The Labute approximate surface area is 137 Å². The smallest absolute Gasteiger partial charge is 0.0105 e. The molecule has 0 nitrogen and oxygen atoms in total. The maximum Gasteiger partial charge on any atom is -0.0105 e. The first-order chi connectivity index (χ1) is 11.3. The third-order valence-corrected chi connectivity index (χ3v) is 4.42. The second kappa shape index (κ2) is 5.73. The van der Waals surface area contributed by atoms with Gasteiger partial charge in [0, 0.05) is 0 Å². The number of benzene rings is 4. The molecule has 0 aromatic heterocycles. The average molecular weight is 294 g/mol. The van der Waals surface area contributed by atoms with Crippen LogP contribution in [-0.4, -0.2) is 0 Å². The Bertz CT molecular complexity index is 960. The van der Waals surface area contributed by atoms with Gasteiger partial charge in [0.05, 0.1) is 0 Å². The van der Waals surface area contributed by atoms with Crippen molar-refractivity contribution in [3.05, 3.63) is 96.6 Å². The lowest BCUT2D eigenvalue weighted by Crippen LogP contribution is -1.87. The van der Waals surface area contributed by atoms with E-state index in [0.717, 1.165) is 0 Å². The second-order valence-corrected chi connectivity index (χ2v) is 5.92. The molecule has 0 fully saturated rings. The van der Waals surface area contributed by atoms with Gasteiger partial charge in [-0.3, -0.25) is 0 Å². The highest BCUT2D eigenvalue weighted by molar-refractivity contribution is 5.97. The normalized spacial score (nSPS) is 10.8. The average Bonchev–Trinajstić information content (AvgIpc) is 2.62. The van der Waals surface area contributed by atoms with Gasteiger partial charge in [-0.2, -0.15) is 0 Å². The van der Waals surface area contributed by atoms with Gasteiger partial charge >= 0.3 is 0 Å². The van der Waals surface area contributed by atoms with Crippen LogP contribution < -0.4 is 0 Å². The highest BCUT2D eigenvalue weighted by Gasteiger charge is 2.07. The molecule has 0 heterocycles. The van der Waals surface area contributed by atoms with E-state index in [2.05, 4.69) is 97.9 Å². The fraction of sp³-hybridized carbons (Fsp3) is 0.0435. The van der Waals surface area contributed by atoms with Gasteiger partial charge in [0.25, 0.3) is 0 Å². The number of rotatable bonds is 2. The molecule has 0 bridgehead atoms. The SMILES string of the molecule is Cc1ccc(-c2cccc3ccccc23)cc1-c1ccccc1. The molecule has 0 aliphatic heterocycles. The number of hydrogen-bond donors (Lipinski definition) is 0. The maximum atomic E-state index is 2.31. The summed E-state index contributed by atoms with van der Waals surface area (Å²) >= 11 is 0. The molecule has 0 amide bonds. The minimum Gasteiger partial charge on any atom is -0.0622 e. The first-order valence-electron chi connectivity index (χ1n) is 7.97. The summed E-state index contributed by atoms with van der Waals surface area (Å²) in [5.74, 6) is 0. The van der Waals surface area contributed by atoms with Crippen LogP contribution in [-0.2, 0) is 0 Å². The molecule has 23 heavy (non-hydrogen) atoms. The van der Waals surface area contributed by atoms with E-state index < -0.39 is 0 Å². The van der Waals surface area contributed by atoms with Crippen molar-refractivity contribution in [3.63, 3.8) is 0 Å². The molecule has 0 atom stereocenters. The first-order valence-corrected chi connectivity index (χ1v) is 7.97. The summed E-state index contributed by atoms with van der Waals surface area (Å²) < 4.78 is 0. The monoisotopic (exact) mass is 294 g/mol. The van der Waals surface area contributed by atoms with Gasteiger partial charge in [-0.25, -0.2) is 0 Å². The summed E-state index contributed by atoms with van der Waals surface area (Å²) in [5, 5.41) is 2.59. The Balaban J connectivity index is 1.93. The van der Waals surface area contributed by atoms with E-state index in [1.54, 1.807) is 0 Å². The van der Waals surface area contributed by atoms with Crippen molar-refractivity contribution in [3.8, 4) is 22.3 Å². The molecule has 0 heteroatoms. The molecular weight excluding hydrogens is 276 g/mol. The third kappa shape index (κ3) is 2.53. The van der Waals surface area contributed by atoms with Crippen LogP contribution in [0.15, 0.2) is 91.0 Å². The Kier molecular flexibility index (Phi) is 3.44. The van der Waals surface area contributed by atoms with Gasteiger partial charge in [0.15, 0.2) is 0 Å². The van der Waals surface area contributed by atoms with Gasteiger partial charge in [0.2, 0.25) is 0 Å². The van der Waals surface area contributed by atoms with Crippen LogP contribution in [0, 0.1) is 6.92 Å². The zero-order valence-electron chi connectivity index (χ0n) is 13.2. The zero-order valence-corrected chi connectivity index (χ0v) is 13.2. The van der Waals surface area contributed by atoms with Crippen molar-refractivity contribution in [1.29, 1.82) is 0 Å². The highest BCUT2D eigenvalue weighted by atomic mass is 14.1. The number of aryl methyl sites for hydroxylation is 1. The maximum absolute atomic E-state index is 2.31. The van der Waals surface area contributed by atoms with E-state index >= 15 is 0 Å². The Hall–Kier alpha value is -2.86. The van der Waals surface area contributed by atoms with Gasteiger partial charge in [-0.05, 0) is 51.6 Å². The van der Waals surface area contributed by atoms with E-state index in [-0.39, 0.29) is 0 Å². The summed E-state index contributed by atoms with van der Waals surface area (Å²) in [4.78, 5) is 0. The molecule has 0 spiro atoms. The van der Waals surface area contributed by atoms with E-state index in [1.807, 2.05) is 0 Å². The second-order valence-electron chi connectivity index (χ2n) is 5.92. The predicted molar refractivity (Wildman–Crippen MR) is 99.6 cm³/mol. The fourth-order valence-electron chi connectivity index (χ4n) is 3.20. The molecule has 0 aliphatic carbocycles. The molecule has 110 valence electrons. The molecule has 0 saturated carbocycles. The van der Waals surface area contributed by atoms with Crippen LogP contribution >= 0.6 is 0 Å². The summed E-state index contributed by atoms with van der Waals surface area (Å²) in [6, 6.07) is 32.5. The summed E-state index contributed by atoms with van der Waals surface area (Å²) in [7, 11) is 0. The topological polar surface area (TPSA) is 0 Å². The summed E-state index contributed by atoms with van der Waals surface area (Å²) in [6.07, 6.45) is 0. The molecule has 4 aromatic rings. The van der Waals surface area contributed by atoms with Gasteiger partial charge in [0.1, 0.15) is 0 Å². The number of hydrogen-bond acceptors (Lipinski definition) is 0. The van der Waals surface area contributed by atoms with Crippen molar-refractivity contribution < 1.29 is 0 Å². The van der Waals surface area contributed by atoms with E-state index in [1.165, 1.54) is 38.6 Å².